The van der Waals surface area contributed by atoms with Crippen LogP contribution in [0.15, 0.2) is 75.9 Å². The van der Waals surface area contributed by atoms with Gasteiger partial charge in [0.05, 0.1) is 16.0 Å². The quantitative estimate of drug-likeness (QED) is 0.362. The fraction of sp³-hybridized carbons (Fsp3) is 0.0435. The van der Waals surface area contributed by atoms with E-state index in [9.17, 15) is 9.59 Å². The van der Waals surface area contributed by atoms with Crippen molar-refractivity contribution in [1.29, 1.82) is 0 Å². The summed E-state index contributed by atoms with van der Waals surface area (Å²) in [6.07, 6.45) is 0. The molecule has 0 spiro atoms. The van der Waals surface area contributed by atoms with Gasteiger partial charge in [-0.1, -0.05) is 65.2 Å². The van der Waals surface area contributed by atoms with Crippen LogP contribution >= 0.6 is 23.2 Å². The van der Waals surface area contributed by atoms with Crippen molar-refractivity contribution < 1.29 is 13.9 Å². The summed E-state index contributed by atoms with van der Waals surface area (Å²) < 4.78 is 11.5. The monoisotopic (exact) mass is 424 g/mol. The summed E-state index contributed by atoms with van der Waals surface area (Å²) in [6, 6.07) is 18.6. The molecule has 4 aromatic rings. The molecule has 0 saturated heterocycles. The lowest BCUT2D eigenvalue weighted by atomic mass is 10.1. The number of rotatable bonds is 3. The van der Waals surface area contributed by atoms with Gasteiger partial charge in [0.25, 0.3) is 0 Å². The first kappa shape index (κ1) is 19.2. The molecule has 4 rings (SSSR count). The average Bonchev–Trinajstić information content (AvgIpc) is 2.71. The van der Waals surface area contributed by atoms with Crippen molar-refractivity contribution in [3.8, 4) is 17.1 Å². The van der Waals surface area contributed by atoms with Gasteiger partial charge in [0, 0.05) is 10.6 Å². The highest BCUT2D eigenvalue weighted by atomic mass is 35.5. The minimum atomic E-state index is -0.775. The van der Waals surface area contributed by atoms with Crippen molar-refractivity contribution in [1.82, 2.24) is 0 Å². The molecule has 0 saturated carbocycles. The van der Waals surface area contributed by atoms with Crippen LogP contribution in [0.3, 0.4) is 0 Å². The van der Waals surface area contributed by atoms with Crippen molar-refractivity contribution in [2.75, 3.05) is 0 Å². The van der Waals surface area contributed by atoms with Crippen molar-refractivity contribution in [2.24, 2.45) is 0 Å². The third-order valence-corrected chi connectivity index (χ3v) is 4.93. The van der Waals surface area contributed by atoms with Gasteiger partial charge in [-0.05, 0) is 37.3 Å². The van der Waals surface area contributed by atoms with E-state index in [0.29, 0.717) is 21.6 Å². The number of carbonyl (C=O) groups excluding carboxylic acids is 1. The SMILES string of the molecule is Cc1ccc2oc(-c3ccccc3)c(OC(=O)c3ccc(Cl)cc3Cl)c(=O)c2c1. The Kier molecular flexibility index (Phi) is 5.14. The highest BCUT2D eigenvalue weighted by molar-refractivity contribution is 6.36. The number of aryl methyl sites for hydroxylation is 1. The van der Waals surface area contributed by atoms with Gasteiger partial charge in [-0.3, -0.25) is 4.79 Å². The zero-order valence-electron chi connectivity index (χ0n) is 15.2. The van der Waals surface area contributed by atoms with Crippen LogP contribution in [0.4, 0.5) is 0 Å². The van der Waals surface area contributed by atoms with Gasteiger partial charge in [0.2, 0.25) is 11.2 Å². The van der Waals surface area contributed by atoms with Gasteiger partial charge in [-0.2, -0.15) is 0 Å². The molecule has 0 aliphatic rings. The van der Waals surface area contributed by atoms with E-state index in [1.807, 2.05) is 19.1 Å². The van der Waals surface area contributed by atoms with Gasteiger partial charge in [-0.15, -0.1) is 0 Å². The lowest BCUT2D eigenvalue weighted by molar-refractivity contribution is 0.0731. The van der Waals surface area contributed by atoms with Crippen LogP contribution < -0.4 is 10.2 Å². The third-order valence-electron chi connectivity index (χ3n) is 4.39. The van der Waals surface area contributed by atoms with Crippen molar-refractivity contribution in [3.05, 3.63) is 98.1 Å². The van der Waals surface area contributed by atoms with E-state index in [1.54, 1.807) is 36.4 Å². The van der Waals surface area contributed by atoms with E-state index in [4.69, 9.17) is 32.4 Å². The Balaban J connectivity index is 1.90. The van der Waals surface area contributed by atoms with Crippen molar-refractivity contribution in [2.45, 2.75) is 6.92 Å². The van der Waals surface area contributed by atoms with Crippen LogP contribution in [0.1, 0.15) is 15.9 Å². The number of esters is 1. The first-order valence-corrected chi connectivity index (χ1v) is 9.50. The van der Waals surface area contributed by atoms with Gasteiger partial charge < -0.3 is 9.15 Å². The average molecular weight is 425 g/mol. The van der Waals surface area contributed by atoms with E-state index < -0.39 is 11.4 Å². The molecule has 0 N–H and O–H groups in total. The second-order valence-corrected chi connectivity index (χ2v) is 7.31. The van der Waals surface area contributed by atoms with Crippen molar-refractivity contribution in [3.63, 3.8) is 0 Å². The molecule has 0 atom stereocenters. The summed E-state index contributed by atoms with van der Waals surface area (Å²) in [5.41, 5.74) is 1.56. The molecule has 1 aromatic heterocycles. The molecule has 0 aliphatic carbocycles. The minimum Gasteiger partial charge on any atom is -0.452 e. The second-order valence-electron chi connectivity index (χ2n) is 6.47. The van der Waals surface area contributed by atoms with E-state index in [-0.39, 0.29) is 22.1 Å². The molecule has 0 amide bonds. The van der Waals surface area contributed by atoms with E-state index in [1.165, 1.54) is 18.2 Å². The fourth-order valence-electron chi connectivity index (χ4n) is 2.97. The Morgan fingerprint density at radius 2 is 1.72 bits per heavy atom. The van der Waals surface area contributed by atoms with Crippen LogP contribution in [0.25, 0.3) is 22.3 Å². The predicted molar refractivity (Wildman–Crippen MR) is 114 cm³/mol. The smallest absolute Gasteiger partial charge is 0.345 e. The normalized spacial score (nSPS) is 10.9. The lowest BCUT2D eigenvalue weighted by Gasteiger charge is -2.11. The Morgan fingerprint density at radius 1 is 0.966 bits per heavy atom. The van der Waals surface area contributed by atoms with E-state index in [0.717, 1.165) is 5.56 Å². The lowest BCUT2D eigenvalue weighted by Crippen LogP contribution is -2.16. The third kappa shape index (κ3) is 3.77. The number of ether oxygens (including phenoxy) is 1. The van der Waals surface area contributed by atoms with Crippen LogP contribution in [-0.2, 0) is 0 Å². The van der Waals surface area contributed by atoms with Crippen molar-refractivity contribution >= 4 is 40.1 Å². The Hall–Kier alpha value is -3.08. The summed E-state index contributed by atoms with van der Waals surface area (Å²) >= 11 is 12.0. The molecular weight excluding hydrogens is 411 g/mol. The Labute approximate surface area is 176 Å². The zero-order valence-corrected chi connectivity index (χ0v) is 16.8. The van der Waals surface area contributed by atoms with Gasteiger partial charge >= 0.3 is 5.97 Å². The van der Waals surface area contributed by atoms with E-state index in [2.05, 4.69) is 0 Å². The van der Waals surface area contributed by atoms with Crippen LogP contribution in [0.2, 0.25) is 10.0 Å². The maximum atomic E-state index is 13.2. The first-order chi connectivity index (χ1) is 13.9. The second kappa shape index (κ2) is 7.74. The molecule has 1 heterocycles. The number of hydrogen-bond acceptors (Lipinski definition) is 4. The van der Waals surface area contributed by atoms with Gasteiger partial charge in [0.1, 0.15) is 5.58 Å². The summed E-state index contributed by atoms with van der Waals surface area (Å²) in [5.74, 6) is -0.793. The van der Waals surface area contributed by atoms with Crippen LogP contribution in [0, 0.1) is 6.92 Å². The van der Waals surface area contributed by atoms with Crippen LogP contribution in [-0.4, -0.2) is 5.97 Å². The number of fused-ring (bicyclic) bond motifs is 1. The maximum Gasteiger partial charge on any atom is 0.345 e. The first-order valence-electron chi connectivity index (χ1n) is 8.74. The predicted octanol–water partition coefficient (Wildman–Crippen LogP) is 6.29. The largest absolute Gasteiger partial charge is 0.452 e. The minimum absolute atomic E-state index is 0.0961. The fourth-order valence-corrected chi connectivity index (χ4v) is 3.45. The van der Waals surface area contributed by atoms with Gasteiger partial charge in [-0.25, -0.2) is 4.79 Å². The number of carbonyl (C=O) groups is 1. The van der Waals surface area contributed by atoms with E-state index >= 15 is 0 Å². The summed E-state index contributed by atoms with van der Waals surface area (Å²) in [4.78, 5) is 25.9. The zero-order chi connectivity index (χ0) is 20.5. The topological polar surface area (TPSA) is 56.5 Å². The number of hydrogen-bond donors (Lipinski definition) is 0. The van der Waals surface area contributed by atoms with Crippen LogP contribution in [0.5, 0.6) is 5.75 Å². The summed E-state index contributed by atoms with van der Waals surface area (Å²) in [7, 11) is 0. The summed E-state index contributed by atoms with van der Waals surface area (Å²) in [5, 5.41) is 0.844. The Morgan fingerprint density at radius 3 is 2.45 bits per heavy atom. The molecule has 6 heteroatoms. The maximum absolute atomic E-state index is 13.2. The molecule has 0 aliphatic heterocycles. The van der Waals surface area contributed by atoms with Gasteiger partial charge in [0.15, 0.2) is 5.76 Å². The summed E-state index contributed by atoms with van der Waals surface area (Å²) in [6.45, 7) is 1.86. The Bertz CT molecular complexity index is 1290. The molecular formula is C23H14Cl2O4. The molecule has 0 radical (unpaired) electrons. The number of benzene rings is 3. The molecule has 0 fully saturated rings. The molecule has 29 heavy (non-hydrogen) atoms. The molecule has 0 bridgehead atoms. The molecule has 0 unspecified atom stereocenters. The standard InChI is InChI=1S/C23H14Cl2O4/c1-13-7-10-19-17(11-13)20(26)22(21(28-19)14-5-3-2-4-6-14)29-23(27)16-9-8-15(24)12-18(16)25/h2-12H,1H3. The number of halogens is 2. The molecule has 3 aromatic carbocycles. The highest BCUT2D eigenvalue weighted by Crippen LogP contribution is 2.32. The molecule has 144 valence electrons. The highest BCUT2D eigenvalue weighted by Gasteiger charge is 2.22. The molecule has 4 nitrogen and oxygen atoms in total.